The highest BCUT2D eigenvalue weighted by Crippen LogP contribution is 2.24. The maximum Gasteiger partial charge on any atom is 0.223 e. The summed E-state index contributed by atoms with van der Waals surface area (Å²) in [6.07, 6.45) is 0.0253. The smallest absolute Gasteiger partial charge is 0.223 e. The van der Waals surface area contributed by atoms with E-state index >= 15 is 0 Å². The lowest BCUT2D eigenvalue weighted by Gasteiger charge is -2.18. The fraction of sp³-hybridized carbons (Fsp3) is 0.385. The number of nitrogens with zero attached hydrogens (tertiary/aromatic N) is 1. The maximum absolute atomic E-state index is 11.7. The Bertz CT molecular complexity index is 472. The Morgan fingerprint density at radius 1 is 1.50 bits per heavy atom. The molecule has 5 nitrogen and oxygen atoms in total. The molecule has 0 aliphatic carbocycles. The van der Waals surface area contributed by atoms with Gasteiger partial charge in [-0.2, -0.15) is 0 Å². The number of ether oxygens (including phenoxy) is 1. The summed E-state index contributed by atoms with van der Waals surface area (Å²) in [6.45, 7) is 0.575. The number of para-hydroxylation sites is 1. The number of hydrogen-bond donors (Lipinski definition) is 0. The second kappa shape index (κ2) is 5.08. The molecule has 1 fully saturated rings. The number of carbonyl (C=O) groups is 2. The lowest BCUT2D eigenvalue weighted by molar-refractivity contribution is -0.311. The van der Waals surface area contributed by atoms with Crippen LogP contribution < -0.4 is 9.84 Å². The Kier molecular flexibility index (Phi) is 3.50. The summed E-state index contributed by atoms with van der Waals surface area (Å²) < 4.78 is 5.20. The van der Waals surface area contributed by atoms with Crippen LogP contribution in [0.15, 0.2) is 24.3 Å². The monoisotopic (exact) mass is 248 g/mol. The predicted molar refractivity (Wildman–Crippen MR) is 61.5 cm³/mol. The minimum absolute atomic E-state index is 0.0253. The van der Waals surface area contributed by atoms with Gasteiger partial charge < -0.3 is 19.5 Å². The van der Waals surface area contributed by atoms with Crippen molar-refractivity contribution in [1.29, 1.82) is 0 Å². The third-order valence-corrected chi connectivity index (χ3v) is 3.10. The van der Waals surface area contributed by atoms with E-state index in [-0.39, 0.29) is 18.9 Å². The van der Waals surface area contributed by atoms with Crippen LogP contribution in [0.1, 0.15) is 12.0 Å². The number of rotatable bonds is 4. The van der Waals surface area contributed by atoms with E-state index in [0.717, 1.165) is 5.56 Å². The molecule has 5 heteroatoms. The Labute approximate surface area is 105 Å². The molecule has 96 valence electrons. The number of amides is 1. The van der Waals surface area contributed by atoms with Crippen molar-refractivity contribution in [3.05, 3.63) is 29.8 Å². The molecule has 1 aromatic carbocycles. The summed E-state index contributed by atoms with van der Waals surface area (Å²) >= 11 is 0. The number of benzene rings is 1. The Morgan fingerprint density at radius 2 is 2.22 bits per heavy atom. The molecule has 2 rings (SSSR count). The molecule has 1 heterocycles. The van der Waals surface area contributed by atoms with E-state index in [1.165, 1.54) is 4.90 Å². The Morgan fingerprint density at radius 3 is 2.83 bits per heavy atom. The van der Waals surface area contributed by atoms with Crippen molar-refractivity contribution in [3.8, 4) is 5.75 Å². The molecule has 0 N–H and O–H groups in total. The first-order valence-corrected chi connectivity index (χ1v) is 5.72. The zero-order valence-electron chi connectivity index (χ0n) is 10.1. The number of likely N-dealkylation sites (tertiary alicyclic amines) is 1. The SMILES string of the molecule is COc1ccccc1CN1CC(C(=O)[O-])CC1=O. The standard InChI is InChI=1S/C13H15NO4/c1-18-11-5-3-2-4-9(11)7-14-8-10(13(16)17)6-12(14)15/h2-5,10H,6-8H2,1H3,(H,16,17)/p-1. The normalized spacial score (nSPS) is 19.1. The van der Waals surface area contributed by atoms with Crippen LogP contribution in [0, 0.1) is 5.92 Å². The molecular formula is C13H14NO4-. The fourth-order valence-corrected chi connectivity index (χ4v) is 2.12. The molecule has 1 aliphatic rings. The molecule has 0 aromatic heterocycles. The third-order valence-electron chi connectivity index (χ3n) is 3.10. The average Bonchev–Trinajstić information content (AvgIpc) is 2.72. The van der Waals surface area contributed by atoms with Crippen molar-refractivity contribution in [3.63, 3.8) is 0 Å². The number of hydrogen-bond acceptors (Lipinski definition) is 4. The number of carboxylic acid groups (broad SMARTS) is 1. The van der Waals surface area contributed by atoms with Crippen LogP contribution in [0.3, 0.4) is 0 Å². The molecule has 1 aromatic rings. The van der Waals surface area contributed by atoms with Crippen molar-refractivity contribution < 1.29 is 19.4 Å². The second-order valence-corrected chi connectivity index (χ2v) is 4.31. The van der Waals surface area contributed by atoms with Gasteiger partial charge in [0.15, 0.2) is 0 Å². The molecule has 0 saturated carbocycles. The Balaban J connectivity index is 2.10. The molecule has 0 spiro atoms. The predicted octanol–water partition coefficient (Wildman–Crippen LogP) is -0.206. The highest BCUT2D eigenvalue weighted by atomic mass is 16.5. The van der Waals surface area contributed by atoms with E-state index in [4.69, 9.17) is 4.74 Å². The van der Waals surface area contributed by atoms with E-state index < -0.39 is 11.9 Å². The second-order valence-electron chi connectivity index (χ2n) is 4.31. The van der Waals surface area contributed by atoms with Crippen LogP contribution in [0.5, 0.6) is 5.75 Å². The summed E-state index contributed by atoms with van der Waals surface area (Å²) in [5.74, 6) is -1.32. The summed E-state index contributed by atoms with van der Waals surface area (Å²) in [5, 5.41) is 10.8. The van der Waals surface area contributed by atoms with E-state index in [2.05, 4.69) is 0 Å². The van der Waals surface area contributed by atoms with Crippen LogP contribution >= 0.6 is 0 Å². The van der Waals surface area contributed by atoms with E-state index in [0.29, 0.717) is 12.3 Å². The molecule has 1 amide bonds. The minimum atomic E-state index is -1.16. The zero-order valence-corrected chi connectivity index (χ0v) is 10.1. The van der Waals surface area contributed by atoms with Crippen molar-refractivity contribution >= 4 is 11.9 Å². The van der Waals surface area contributed by atoms with E-state index in [1.54, 1.807) is 7.11 Å². The molecule has 1 saturated heterocycles. The number of carbonyl (C=O) groups excluding carboxylic acids is 2. The topological polar surface area (TPSA) is 69.7 Å². The highest BCUT2D eigenvalue weighted by Gasteiger charge is 2.30. The molecule has 0 radical (unpaired) electrons. The van der Waals surface area contributed by atoms with E-state index in [9.17, 15) is 14.7 Å². The summed E-state index contributed by atoms with van der Waals surface area (Å²) in [4.78, 5) is 24.0. The van der Waals surface area contributed by atoms with Crippen LogP contribution in [0.2, 0.25) is 0 Å². The van der Waals surface area contributed by atoms with Gasteiger partial charge in [-0.3, -0.25) is 4.79 Å². The number of methoxy groups -OCH3 is 1. The van der Waals surface area contributed by atoms with Gasteiger partial charge in [-0.25, -0.2) is 0 Å². The summed E-state index contributed by atoms with van der Waals surface area (Å²) in [6, 6.07) is 7.37. The fourth-order valence-electron chi connectivity index (χ4n) is 2.12. The van der Waals surface area contributed by atoms with Crippen LogP contribution in [-0.4, -0.2) is 30.4 Å². The highest BCUT2D eigenvalue weighted by molar-refractivity contribution is 5.85. The molecule has 18 heavy (non-hydrogen) atoms. The van der Waals surface area contributed by atoms with Crippen molar-refractivity contribution in [2.45, 2.75) is 13.0 Å². The summed E-state index contributed by atoms with van der Waals surface area (Å²) in [5.41, 5.74) is 0.868. The van der Waals surface area contributed by atoms with Gasteiger partial charge in [-0.05, 0) is 6.07 Å². The minimum Gasteiger partial charge on any atom is -0.550 e. The summed E-state index contributed by atoms with van der Waals surface area (Å²) in [7, 11) is 1.56. The van der Waals surface area contributed by atoms with Gasteiger partial charge in [0.1, 0.15) is 5.75 Å². The lowest BCUT2D eigenvalue weighted by atomic mass is 10.1. The van der Waals surface area contributed by atoms with Gasteiger partial charge >= 0.3 is 0 Å². The largest absolute Gasteiger partial charge is 0.550 e. The molecule has 1 unspecified atom stereocenters. The Hall–Kier alpha value is -2.04. The molecule has 1 aliphatic heterocycles. The zero-order chi connectivity index (χ0) is 13.1. The molecule has 1 atom stereocenters. The first kappa shape index (κ1) is 12.4. The lowest BCUT2D eigenvalue weighted by Crippen LogP contribution is -2.33. The maximum atomic E-state index is 11.7. The van der Waals surface area contributed by atoms with Gasteiger partial charge in [-0.15, -0.1) is 0 Å². The number of carboxylic acids is 1. The third kappa shape index (κ3) is 2.45. The quantitative estimate of drug-likeness (QED) is 0.739. The van der Waals surface area contributed by atoms with Gasteiger partial charge in [0, 0.05) is 37.0 Å². The first-order valence-electron chi connectivity index (χ1n) is 5.72. The van der Waals surface area contributed by atoms with Gasteiger partial charge in [0.2, 0.25) is 5.91 Å². The molecular weight excluding hydrogens is 234 g/mol. The van der Waals surface area contributed by atoms with Crippen LogP contribution in [0.25, 0.3) is 0 Å². The first-order chi connectivity index (χ1) is 8.61. The molecule has 0 bridgehead atoms. The van der Waals surface area contributed by atoms with E-state index in [1.807, 2.05) is 24.3 Å². The van der Waals surface area contributed by atoms with Crippen molar-refractivity contribution in [1.82, 2.24) is 4.90 Å². The average molecular weight is 248 g/mol. The van der Waals surface area contributed by atoms with Crippen LogP contribution in [-0.2, 0) is 16.1 Å². The van der Waals surface area contributed by atoms with Crippen molar-refractivity contribution in [2.24, 2.45) is 5.92 Å². The van der Waals surface area contributed by atoms with Gasteiger partial charge in [0.25, 0.3) is 0 Å². The van der Waals surface area contributed by atoms with Crippen molar-refractivity contribution in [2.75, 3.05) is 13.7 Å². The van der Waals surface area contributed by atoms with Crippen LogP contribution in [0.4, 0.5) is 0 Å². The van der Waals surface area contributed by atoms with Gasteiger partial charge in [-0.1, -0.05) is 18.2 Å². The number of aliphatic carboxylic acids is 1. The van der Waals surface area contributed by atoms with Gasteiger partial charge in [0.05, 0.1) is 7.11 Å².